The quantitative estimate of drug-likeness (QED) is 0.749. The van der Waals surface area contributed by atoms with Crippen LogP contribution in [0, 0.1) is 6.92 Å². The van der Waals surface area contributed by atoms with Gasteiger partial charge in [0.25, 0.3) is 0 Å². The number of hydrogen-bond donors (Lipinski definition) is 3. The molecule has 1 aromatic carbocycles. The Kier molecular flexibility index (Phi) is 4.71. The van der Waals surface area contributed by atoms with Crippen molar-refractivity contribution in [1.29, 1.82) is 0 Å². The second kappa shape index (κ2) is 5.87. The summed E-state index contributed by atoms with van der Waals surface area (Å²) in [6.45, 7) is 0.320. The van der Waals surface area contributed by atoms with Crippen LogP contribution in [0.4, 0.5) is 23.7 Å². The van der Waals surface area contributed by atoms with Gasteiger partial charge in [-0.3, -0.25) is 0 Å². The second-order valence-electron chi connectivity index (χ2n) is 3.78. The third-order valence-corrected chi connectivity index (χ3v) is 2.42. The first-order valence-electron chi connectivity index (χ1n) is 5.21. The predicted octanol–water partition coefficient (Wildman–Crippen LogP) is 2.31. The van der Waals surface area contributed by atoms with Gasteiger partial charge in [0.05, 0.1) is 5.69 Å². The van der Waals surface area contributed by atoms with Crippen LogP contribution in [0.15, 0.2) is 18.2 Å². The number of carbonyl (C=O) groups is 1. The predicted molar refractivity (Wildman–Crippen MR) is 70.1 cm³/mol. The lowest BCUT2D eigenvalue weighted by Crippen LogP contribution is -2.37. The molecule has 19 heavy (non-hydrogen) atoms. The molecule has 1 rings (SSSR count). The molecule has 0 unspecified atom stereocenters. The average molecular weight is 291 g/mol. The van der Waals surface area contributed by atoms with Crippen molar-refractivity contribution in [2.45, 2.75) is 13.1 Å². The van der Waals surface area contributed by atoms with E-state index in [0.29, 0.717) is 5.56 Å². The third kappa shape index (κ3) is 4.74. The van der Waals surface area contributed by atoms with Gasteiger partial charge in [-0.05, 0) is 18.6 Å². The third-order valence-electron chi connectivity index (χ3n) is 2.22. The van der Waals surface area contributed by atoms with Crippen LogP contribution in [-0.2, 0) is 0 Å². The molecule has 1 aromatic rings. The molecule has 0 aliphatic rings. The highest BCUT2D eigenvalue weighted by molar-refractivity contribution is 7.80. The second-order valence-corrected chi connectivity index (χ2v) is 4.22. The summed E-state index contributed by atoms with van der Waals surface area (Å²) in [6, 6.07) is 3.90. The Balaban J connectivity index is 2.80. The zero-order valence-corrected chi connectivity index (χ0v) is 10.8. The van der Waals surface area contributed by atoms with Crippen molar-refractivity contribution in [1.82, 2.24) is 5.32 Å². The normalized spacial score (nSPS) is 10.9. The van der Waals surface area contributed by atoms with Crippen molar-refractivity contribution in [2.75, 3.05) is 11.9 Å². The minimum absolute atomic E-state index is 0.0595. The summed E-state index contributed by atoms with van der Waals surface area (Å²) in [4.78, 5) is 11.4. The molecule has 0 aliphatic carbocycles. The first kappa shape index (κ1) is 15.2. The Bertz CT molecular complexity index is 502. The van der Waals surface area contributed by atoms with Gasteiger partial charge in [-0.25, -0.2) is 4.79 Å². The fourth-order valence-corrected chi connectivity index (χ4v) is 1.72. The summed E-state index contributed by atoms with van der Waals surface area (Å²) in [5.41, 5.74) is 6.94. The van der Waals surface area contributed by atoms with E-state index >= 15 is 0 Å². The lowest BCUT2D eigenvalue weighted by atomic mass is 10.1. The monoisotopic (exact) mass is 291 g/mol. The lowest BCUT2D eigenvalue weighted by Gasteiger charge is -2.14. The molecular weight excluding hydrogens is 279 g/mol. The van der Waals surface area contributed by atoms with Crippen molar-refractivity contribution in [3.8, 4) is 0 Å². The molecule has 0 atom stereocenters. The van der Waals surface area contributed by atoms with Gasteiger partial charge in [0.1, 0.15) is 11.5 Å². The maximum Gasteiger partial charge on any atom is 0.405 e. The average Bonchev–Trinajstić information content (AvgIpc) is 2.25. The van der Waals surface area contributed by atoms with Crippen LogP contribution in [0.3, 0.4) is 0 Å². The van der Waals surface area contributed by atoms with Crippen LogP contribution in [0.1, 0.15) is 11.1 Å². The van der Waals surface area contributed by atoms with Gasteiger partial charge in [-0.1, -0.05) is 24.4 Å². The van der Waals surface area contributed by atoms with E-state index in [1.54, 1.807) is 24.4 Å². The molecule has 0 aromatic heterocycles. The molecular formula is C11H12F3N3OS. The van der Waals surface area contributed by atoms with E-state index in [1.165, 1.54) is 6.07 Å². The number of alkyl halides is 3. The van der Waals surface area contributed by atoms with Gasteiger partial charge in [0.2, 0.25) is 0 Å². The number of urea groups is 1. The number of carbonyl (C=O) groups excluding carboxylic acids is 1. The fraction of sp³-hybridized carbons (Fsp3) is 0.273. The Morgan fingerprint density at radius 1 is 1.42 bits per heavy atom. The molecule has 4 nitrogen and oxygen atoms in total. The highest BCUT2D eigenvalue weighted by Crippen LogP contribution is 2.19. The minimum atomic E-state index is -4.46. The highest BCUT2D eigenvalue weighted by atomic mass is 32.1. The van der Waals surface area contributed by atoms with E-state index in [9.17, 15) is 18.0 Å². The van der Waals surface area contributed by atoms with E-state index in [4.69, 9.17) is 18.0 Å². The van der Waals surface area contributed by atoms with E-state index in [0.717, 1.165) is 5.56 Å². The fourth-order valence-electron chi connectivity index (χ4n) is 1.45. The molecule has 4 N–H and O–H groups in total. The Hall–Kier alpha value is -1.83. The maximum atomic E-state index is 11.9. The van der Waals surface area contributed by atoms with E-state index in [-0.39, 0.29) is 10.7 Å². The highest BCUT2D eigenvalue weighted by Gasteiger charge is 2.27. The van der Waals surface area contributed by atoms with E-state index in [1.807, 2.05) is 0 Å². The van der Waals surface area contributed by atoms with Crippen LogP contribution in [0.2, 0.25) is 0 Å². The number of rotatable bonds is 3. The van der Waals surface area contributed by atoms with Crippen molar-refractivity contribution in [2.24, 2.45) is 5.73 Å². The lowest BCUT2D eigenvalue weighted by molar-refractivity contribution is -0.122. The van der Waals surface area contributed by atoms with Crippen molar-refractivity contribution >= 4 is 28.9 Å². The van der Waals surface area contributed by atoms with Crippen LogP contribution in [0.25, 0.3) is 0 Å². The number of hydrogen-bond acceptors (Lipinski definition) is 2. The number of nitrogens with one attached hydrogen (secondary N) is 2. The van der Waals surface area contributed by atoms with Crippen LogP contribution < -0.4 is 16.4 Å². The standard InChI is InChI=1S/C11H12F3N3OS/c1-6-3-2-4-7(8(6)9(15)19)17-10(18)16-5-11(12,13)14/h2-4H,5H2,1H3,(H2,15,19)(H2,16,17,18). The van der Waals surface area contributed by atoms with Gasteiger partial charge in [0.15, 0.2) is 0 Å². The zero-order valence-electron chi connectivity index (χ0n) is 9.97. The molecule has 0 spiro atoms. The topological polar surface area (TPSA) is 67.2 Å². The first-order chi connectivity index (χ1) is 8.70. The molecule has 104 valence electrons. The summed E-state index contributed by atoms with van der Waals surface area (Å²) in [6.07, 6.45) is -4.46. The Morgan fingerprint density at radius 3 is 2.58 bits per heavy atom. The van der Waals surface area contributed by atoms with E-state index in [2.05, 4.69) is 5.32 Å². The molecule has 0 fully saturated rings. The zero-order chi connectivity index (χ0) is 14.6. The molecule has 0 aliphatic heterocycles. The van der Waals surface area contributed by atoms with Crippen molar-refractivity contribution in [3.63, 3.8) is 0 Å². The molecule has 0 bridgehead atoms. The van der Waals surface area contributed by atoms with Gasteiger partial charge in [-0.15, -0.1) is 0 Å². The van der Waals surface area contributed by atoms with Crippen LogP contribution >= 0.6 is 12.2 Å². The maximum absolute atomic E-state index is 11.9. The van der Waals surface area contributed by atoms with Gasteiger partial charge in [0, 0.05) is 5.56 Å². The number of thiocarbonyl (C=S) groups is 1. The van der Waals surface area contributed by atoms with E-state index < -0.39 is 18.8 Å². The summed E-state index contributed by atoms with van der Waals surface area (Å²) in [5.74, 6) is 0. The minimum Gasteiger partial charge on any atom is -0.389 e. The molecule has 0 saturated carbocycles. The van der Waals surface area contributed by atoms with Gasteiger partial charge in [-0.2, -0.15) is 13.2 Å². The number of nitrogens with two attached hydrogens (primary N) is 1. The van der Waals surface area contributed by atoms with Gasteiger partial charge >= 0.3 is 12.2 Å². The summed E-state index contributed by atoms with van der Waals surface area (Å²) < 4.78 is 35.8. The molecule has 0 saturated heterocycles. The first-order valence-corrected chi connectivity index (χ1v) is 5.62. The SMILES string of the molecule is Cc1cccc(NC(=O)NCC(F)(F)F)c1C(N)=S. The van der Waals surface area contributed by atoms with Gasteiger partial charge < -0.3 is 16.4 Å². The van der Waals surface area contributed by atoms with Crippen LogP contribution in [-0.4, -0.2) is 23.7 Å². The van der Waals surface area contributed by atoms with Crippen LogP contribution in [0.5, 0.6) is 0 Å². The molecule has 2 amide bonds. The largest absolute Gasteiger partial charge is 0.405 e. The Labute approximate surface area is 113 Å². The number of halogens is 3. The number of aryl methyl sites for hydroxylation is 1. The summed E-state index contributed by atoms with van der Waals surface area (Å²) in [7, 11) is 0. The summed E-state index contributed by atoms with van der Waals surface area (Å²) in [5, 5.41) is 3.99. The summed E-state index contributed by atoms with van der Waals surface area (Å²) >= 11 is 4.84. The molecule has 8 heteroatoms. The number of amides is 2. The number of anilines is 1. The molecule has 0 heterocycles. The Morgan fingerprint density at radius 2 is 2.05 bits per heavy atom. The number of benzene rings is 1. The molecule has 0 radical (unpaired) electrons. The van der Waals surface area contributed by atoms with Crippen molar-refractivity contribution in [3.05, 3.63) is 29.3 Å². The van der Waals surface area contributed by atoms with Crippen molar-refractivity contribution < 1.29 is 18.0 Å². The smallest absolute Gasteiger partial charge is 0.389 e.